The van der Waals surface area contributed by atoms with Crippen molar-refractivity contribution in [3.63, 3.8) is 0 Å². The van der Waals surface area contributed by atoms with Gasteiger partial charge in [-0.25, -0.2) is 8.42 Å². The summed E-state index contributed by atoms with van der Waals surface area (Å²) in [5, 5.41) is 0. The number of carbonyl (C=O) groups excluding carboxylic acids is 1. The van der Waals surface area contributed by atoms with Gasteiger partial charge < -0.3 is 9.64 Å². The van der Waals surface area contributed by atoms with Crippen LogP contribution >= 0.6 is 0 Å². The Morgan fingerprint density at radius 3 is 2.07 bits per heavy atom. The number of piperazine rings is 1. The molecule has 2 aromatic rings. The Morgan fingerprint density at radius 2 is 1.53 bits per heavy atom. The van der Waals surface area contributed by atoms with Gasteiger partial charge in [0.2, 0.25) is 10.0 Å². The van der Waals surface area contributed by atoms with Crippen LogP contribution in [-0.2, 0) is 21.2 Å². The van der Waals surface area contributed by atoms with Crippen molar-refractivity contribution < 1.29 is 17.9 Å². The molecule has 0 aliphatic carbocycles. The first-order valence-electron chi connectivity index (χ1n) is 10.3. The highest BCUT2D eigenvalue weighted by Gasteiger charge is 2.32. The molecule has 1 aliphatic rings. The predicted molar refractivity (Wildman–Crippen MR) is 117 cm³/mol. The third-order valence-corrected chi connectivity index (χ3v) is 7.69. The second kappa shape index (κ2) is 9.18. The lowest BCUT2D eigenvalue weighted by molar-refractivity contribution is -0.134. The lowest BCUT2D eigenvalue weighted by atomic mass is 10.1. The Bertz CT molecular complexity index is 985. The molecule has 0 bridgehead atoms. The lowest BCUT2D eigenvalue weighted by Gasteiger charge is -2.34. The van der Waals surface area contributed by atoms with Crippen LogP contribution in [0.4, 0.5) is 0 Å². The summed E-state index contributed by atoms with van der Waals surface area (Å²) >= 11 is 0. The molecule has 1 saturated heterocycles. The molecule has 0 saturated carbocycles. The average molecular weight is 431 g/mol. The fraction of sp³-hybridized carbons (Fsp3) is 0.435. The van der Waals surface area contributed by atoms with Gasteiger partial charge in [0, 0.05) is 26.2 Å². The lowest BCUT2D eigenvalue weighted by Crippen LogP contribution is -2.51. The molecule has 1 aliphatic heterocycles. The monoisotopic (exact) mass is 430 g/mol. The molecule has 0 N–H and O–H groups in total. The molecular weight excluding hydrogens is 400 g/mol. The quantitative estimate of drug-likeness (QED) is 0.706. The van der Waals surface area contributed by atoms with E-state index >= 15 is 0 Å². The standard InChI is InChI=1S/C23H30N2O4S/c1-5-20-6-8-21(9-7-20)29-16-22(26)24-10-12-25(13-11-24)30(27,28)23-18(3)14-17(2)15-19(23)4/h6-9,14-15H,5,10-13,16H2,1-4H3. The minimum Gasteiger partial charge on any atom is -0.484 e. The van der Waals surface area contributed by atoms with Crippen molar-refractivity contribution in [3.05, 3.63) is 58.7 Å². The number of hydrogen-bond donors (Lipinski definition) is 0. The maximum atomic E-state index is 13.2. The summed E-state index contributed by atoms with van der Waals surface area (Å²) in [5.41, 5.74) is 3.77. The summed E-state index contributed by atoms with van der Waals surface area (Å²) in [7, 11) is -3.59. The summed E-state index contributed by atoms with van der Waals surface area (Å²) in [6, 6.07) is 11.5. The van der Waals surface area contributed by atoms with Crippen molar-refractivity contribution >= 4 is 15.9 Å². The first-order valence-corrected chi connectivity index (χ1v) is 11.7. The van der Waals surface area contributed by atoms with Gasteiger partial charge in [-0.2, -0.15) is 4.31 Å². The molecule has 0 atom stereocenters. The van der Waals surface area contributed by atoms with Gasteiger partial charge in [-0.1, -0.05) is 36.8 Å². The number of carbonyl (C=O) groups is 1. The molecule has 6 nitrogen and oxygen atoms in total. The Kier molecular flexibility index (Phi) is 6.83. The smallest absolute Gasteiger partial charge is 0.260 e. The number of aryl methyl sites for hydroxylation is 4. The molecule has 30 heavy (non-hydrogen) atoms. The predicted octanol–water partition coefficient (Wildman–Crippen LogP) is 3.09. The van der Waals surface area contributed by atoms with E-state index in [0.29, 0.717) is 23.7 Å². The van der Waals surface area contributed by atoms with Crippen LogP contribution in [0.3, 0.4) is 0 Å². The Hall–Kier alpha value is -2.38. The molecule has 1 amide bonds. The van der Waals surface area contributed by atoms with Crippen LogP contribution in [0.25, 0.3) is 0 Å². The highest BCUT2D eigenvalue weighted by atomic mass is 32.2. The molecule has 3 rings (SSSR count). The van der Waals surface area contributed by atoms with E-state index in [-0.39, 0.29) is 25.6 Å². The first-order chi connectivity index (χ1) is 14.2. The maximum Gasteiger partial charge on any atom is 0.260 e. The minimum atomic E-state index is -3.59. The van der Waals surface area contributed by atoms with Crippen LogP contribution in [0.1, 0.15) is 29.2 Å². The van der Waals surface area contributed by atoms with Crippen molar-refractivity contribution in [2.24, 2.45) is 0 Å². The molecule has 162 valence electrons. The van der Waals surface area contributed by atoms with Crippen molar-refractivity contribution in [1.82, 2.24) is 9.21 Å². The molecule has 2 aromatic carbocycles. The summed E-state index contributed by atoms with van der Waals surface area (Å²) in [4.78, 5) is 14.5. The molecular formula is C23H30N2O4S. The van der Waals surface area contributed by atoms with Crippen LogP contribution in [0.5, 0.6) is 5.75 Å². The topological polar surface area (TPSA) is 66.9 Å². The van der Waals surface area contributed by atoms with Crippen molar-refractivity contribution in [3.8, 4) is 5.75 Å². The van der Waals surface area contributed by atoms with Crippen LogP contribution in [0, 0.1) is 20.8 Å². The Morgan fingerprint density at radius 1 is 0.967 bits per heavy atom. The zero-order chi connectivity index (χ0) is 21.9. The van der Waals surface area contributed by atoms with E-state index in [1.54, 1.807) is 4.90 Å². The van der Waals surface area contributed by atoms with Gasteiger partial charge in [-0.05, 0) is 56.0 Å². The van der Waals surface area contributed by atoms with E-state index in [9.17, 15) is 13.2 Å². The van der Waals surface area contributed by atoms with Crippen LogP contribution in [0.15, 0.2) is 41.3 Å². The number of sulfonamides is 1. The van der Waals surface area contributed by atoms with Crippen LogP contribution < -0.4 is 4.74 Å². The van der Waals surface area contributed by atoms with E-state index in [0.717, 1.165) is 23.1 Å². The second-order valence-electron chi connectivity index (χ2n) is 7.80. The average Bonchev–Trinajstić information content (AvgIpc) is 2.71. The van der Waals surface area contributed by atoms with E-state index in [1.807, 2.05) is 57.2 Å². The van der Waals surface area contributed by atoms with E-state index in [2.05, 4.69) is 6.92 Å². The molecule has 1 fully saturated rings. The number of amides is 1. The highest BCUT2D eigenvalue weighted by Crippen LogP contribution is 2.26. The third kappa shape index (κ3) is 4.84. The molecule has 0 unspecified atom stereocenters. The molecule has 0 spiro atoms. The van der Waals surface area contributed by atoms with E-state index in [1.165, 1.54) is 9.87 Å². The van der Waals surface area contributed by atoms with Crippen molar-refractivity contribution in [1.29, 1.82) is 0 Å². The summed E-state index contributed by atoms with van der Waals surface area (Å²) in [5.74, 6) is 0.529. The van der Waals surface area contributed by atoms with Gasteiger partial charge >= 0.3 is 0 Å². The van der Waals surface area contributed by atoms with Gasteiger partial charge in [-0.15, -0.1) is 0 Å². The summed E-state index contributed by atoms with van der Waals surface area (Å²) in [6.07, 6.45) is 0.952. The molecule has 0 radical (unpaired) electrons. The zero-order valence-electron chi connectivity index (χ0n) is 18.1. The Balaban J connectivity index is 1.59. The van der Waals surface area contributed by atoms with Crippen LogP contribution in [-0.4, -0.2) is 56.3 Å². The first kappa shape index (κ1) is 22.3. The second-order valence-corrected chi connectivity index (χ2v) is 9.67. The number of ether oxygens (including phenoxy) is 1. The highest BCUT2D eigenvalue weighted by molar-refractivity contribution is 7.89. The number of rotatable bonds is 6. The Labute approximate surface area is 179 Å². The summed E-state index contributed by atoms with van der Waals surface area (Å²) in [6.45, 7) is 8.95. The number of hydrogen-bond acceptors (Lipinski definition) is 4. The van der Waals surface area contributed by atoms with Crippen molar-refractivity contribution in [2.45, 2.75) is 39.0 Å². The SMILES string of the molecule is CCc1ccc(OCC(=O)N2CCN(S(=O)(=O)c3c(C)cc(C)cc3C)CC2)cc1. The van der Waals surface area contributed by atoms with Gasteiger partial charge in [0.15, 0.2) is 6.61 Å². The zero-order valence-corrected chi connectivity index (χ0v) is 19.0. The van der Waals surface area contributed by atoms with E-state index < -0.39 is 10.0 Å². The molecule has 0 aromatic heterocycles. The minimum absolute atomic E-state index is 0.0472. The van der Waals surface area contributed by atoms with Gasteiger partial charge in [0.25, 0.3) is 5.91 Å². The maximum absolute atomic E-state index is 13.2. The van der Waals surface area contributed by atoms with Gasteiger partial charge in [0.1, 0.15) is 5.75 Å². The van der Waals surface area contributed by atoms with Gasteiger partial charge in [0.05, 0.1) is 4.90 Å². The van der Waals surface area contributed by atoms with Crippen LogP contribution in [0.2, 0.25) is 0 Å². The fourth-order valence-electron chi connectivity index (χ4n) is 3.94. The molecule has 1 heterocycles. The fourth-order valence-corrected chi connectivity index (χ4v) is 5.77. The van der Waals surface area contributed by atoms with Gasteiger partial charge in [-0.3, -0.25) is 4.79 Å². The number of nitrogens with zero attached hydrogens (tertiary/aromatic N) is 2. The third-order valence-electron chi connectivity index (χ3n) is 5.49. The summed E-state index contributed by atoms with van der Waals surface area (Å²) < 4.78 is 33.4. The molecule has 7 heteroatoms. The van der Waals surface area contributed by atoms with E-state index in [4.69, 9.17) is 4.74 Å². The largest absolute Gasteiger partial charge is 0.484 e. The van der Waals surface area contributed by atoms with Crippen molar-refractivity contribution in [2.75, 3.05) is 32.8 Å². The normalized spacial score (nSPS) is 15.3. The number of benzene rings is 2.